The van der Waals surface area contributed by atoms with Gasteiger partial charge in [-0.05, 0) is 43.2 Å². The smallest absolute Gasteiger partial charge is 0.263 e. The van der Waals surface area contributed by atoms with Crippen LogP contribution in [0.4, 0.5) is 5.82 Å². The second-order valence-corrected chi connectivity index (χ2v) is 5.83. The van der Waals surface area contributed by atoms with E-state index in [-0.39, 0.29) is 4.90 Å². The first-order chi connectivity index (χ1) is 8.47. The number of hydrogen-bond donors (Lipinski definition) is 1. The highest BCUT2D eigenvalue weighted by Gasteiger charge is 2.14. The van der Waals surface area contributed by atoms with Gasteiger partial charge < -0.3 is 0 Å². The molecule has 2 aromatic rings. The molecule has 0 aliphatic rings. The number of aromatic nitrogens is 1. The third kappa shape index (κ3) is 2.87. The van der Waals surface area contributed by atoms with Gasteiger partial charge in [0, 0.05) is 6.20 Å². The number of nitrogens with zero attached hydrogens (tertiary/aromatic N) is 1. The second kappa shape index (κ2) is 4.78. The van der Waals surface area contributed by atoms with Crippen molar-refractivity contribution in [2.24, 2.45) is 0 Å². The van der Waals surface area contributed by atoms with E-state index in [9.17, 15) is 8.42 Å². The van der Waals surface area contributed by atoms with Crippen molar-refractivity contribution in [1.82, 2.24) is 4.98 Å². The Hall–Kier alpha value is -1.88. The molecule has 0 saturated heterocycles. The predicted octanol–water partition coefficient (Wildman–Crippen LogP) is 2.50. The summed E-state index contributed by atoms with van der Waals surface area (Å²) < 4.78 is 26.6. The van der Waals surface area contributed by atoms with Crippen LogP contribution in [0.15, 0.2) is 47.5 Å². The van der Waals surface area contributed by atoms with Crippen LogP contribution >= 0.6 is 0 Å². The normalized spacial score (nSPS) is 11.2. The van der Waals surface area contributed by atoms with Gasteiger partial charge in [-0.2, -0.15) is 0 Å². The van der Waals surface area contributed by atoms with Gasteiger partial charge in [-0.3, -0.25) is 4.72 Å². The van der Waals surface area contributed by atoms with Gasteiger partial charge in [0.25, 0.3) is 10.0 Å². The van der Waals surface area contributed by atoms with Crippen LogP contribution in [0.25, 0.3) is 0 Å². The van der Waals surface area contributed by atoms with E-state index < -0.39 is 10.0 Å². The minimum Gasteiger partial charge on any atom is -0.263 e. The fourth-order valence-electron chi connectivity index (χ4n) is 1.51. The molecule has 18 heavy (non-hydrogen) atoms. The SMILES string of the molecule is Cc1ccc(NS(=O)(=O)c2cccc(C)c2)nc1. The maximum Gasteiger partial charge on any atom is 0.263 e. The van der Waals surface area contributed by atoms with Crippen LogP contribution in [0.1, 0.15) is 11.1 Å². The number of benzene rings is 1. The Balaban J connectivity index is 2.30. The third-order valence-corrected chi connectivity index (χ3v) is 3.80. The van der Waals surface area contributed by atoms with Gasteiger partial charge in [0.2, 0.25) is 0 Å². The van der Waals surface area contributed by atoms with Gasteiger partial charge in [0.15, 0.2) is 0 Å². The van der Waals surface area contributed by atoms with Gasteiger partial charge in [-0.15, -0.1) is 0 Å². The Labute approximate surface area is 107 Å². The molecule has 0 radical (unpaired) electrons. The maximum absolute atomic E-state index is 12.1. The molecular weight excluding hydrogens is 248 g/mol. The van der Waals surface area contributed by atoms with Crippen LogP contribution in [0, 0.1) is 13.8 Å². The summed E-state index contributed by atoms with van der Waals surface area (Å²) >= 11 is 0. The van der Waals surface area contributed by atoms with Gasteiger partial charge in [0.1, 0.15) is 5.82 Å². The number of nitrogens with one attached hydrogen (secondary N) is 1. The lowest BCUT2D eigenvalue weighted by Gasteiger charge is -2.07. The molecule has 0 aliphatic carbocycles. The maximum atomic E-state index is 12.1. The predicted molar refractivity (Wildman–Crippen MR) is 71.0 cm³/mol. The lowest BCUT2D eigenvalue weighted by molar-refractivity contribution is 0.601. The highest BCUT2D eigenvalue weighted by Crippen LogP contribution is 2.15. The second-order valence-electron chi connectivity index (χ2n) is 4.14. The van der Waals surface area contributed by atoms with Crippen LogP contribution in [-0.2, 0) is 10.0 Å². The monoisotopic (exact) mass is 262 g/mol. The molecule has 0 spiro atoms. The average molecular weight is 262 g/mol. The van der Waals surface area contributed by atoms with Crippen molar-refractivity contribution in [1.29, 1.82) is 0 Å². The molecule has 1 aromatic carbocycles. The lowest BCUT2D eigenvalue weighted by atomic mass is 10.2. The van der Waals surface area contributed by atoms with Gasteiger partial charge in [-0.1, -0.05) is 18.2 Å². The molecular formula is C13H14N2O2S. The van der Waals surface area contributed by atoms with Crippen molar-refractivity contribution in [2.75, 3.05) is 4.72 Å². The lowest BCUT2D eigenvalue weighted by Crippen LogP contribution is -2.13. The first-order valence-corrected chi connectivity index (χ1v) is 6.98. The Morgan fingerprint density at radius 2 is 1.83 bits per heavy atom. The summed E-state index contributed by atoms with van der Waals surface area (Å²) in [4.78, 5) is 4.26. The number of pyridine rings is 1. The molecule has 0 unspecified atom stereocenters. The van der Waals surface area contributed by atoms with E-state index in [2.05, 4.69) is 9.71 Å². The number of aryl methyl sites for hydroxylation is 2. The number of anilines is 1. The molecule has 1 N–H and O–H groups in total. The van der Waals surface area contributed by atoms with E-state index >= 15 is 0 Å². The summed E-state index contributed by atoms with van der Waals surface area (Å²) in [5.41, 5.74) is 1.88. The summed E-state index contributed by atoms with van der Waals surface area (Å²) in [5.74, 6) is 0.321. The summed E-state index contributed by atoms with van der Waals surface area (Å²) in [7, 11) is -3.56. The molecule has 1 heterocycles. The average Bonchev–Trinajstić information content (AvgIpc) is 2.32. The van der Waals surface area contributed by atoms with Crippen LogP contribution in [-0.4, -0.2) is 13.4 Å². The van der Waals surface area contributed by atoms with Crippen LogP contribution in [0.3, 0.4) is 0 Å². The van der Waals surface area contributed by atoms with E-state index in [1.165, 1.54) is 0 Å². The highest BCUT2D eigenvalue weighted by atomic mass is 32.2. The molecule has 0 fully saturated rings. The van der Waals surface area contributed by atoms with Gasteiger partial charge in [-0.25, -0.2) is 13.4 Å². The Kier molecular flexibility index (Phi) is 3.34. The molecule has 2 rings (SSSR count). The topological polar surface area (TPSA) is 59.1 Å². The summed E-state index contributed by atoms with van der Waals surface area (Å²) in [5, 5.41) is 0. The van der Waals surface area contributed by atoms with Gasteiger partial charge >= 0.3 is 0 Å². The Bertz CT molecular complexity index is 649. The summed E-state index contributed by atoms with van der Waals surface area (Å²) in [6.45, 7) is 3.75. The van der Waals surface area contributed by atoms with E-state index in [1.807, 2.05) is 19.9 Å². The standard InChI is InChI=1S/C13H14N2O2S/c1-10-4-3-5-12(8-10)18(16,17)15-13-7-6-11(2)9-14-13/h3-9H,1-2H3,(H,14,15). The Morgan fingerprint density at radius 1 is 1.06 bits per heavy atom. The van der Waals surface area contributed by atoms with Crippen molar-refractivity contribution < 1.29 is 8.42 Å². The van der Waals surface area contributed by atoms with Crippen molar-refractivity contribution in [3.63, 3.8) is 0 Å². The first kappa shape index (κ1) is 12.6. The number of hydrogen-bond acceptors (Lipinski definition) is 3. The quantitative estimate of drug-likeness (QED) is 0.924. The van der Waals surface area contributed by atoms with Crippen molar-refractivity contribution in [2.45, 2.75) is 18.7 Å². The number of sulfonamides is 1. The molecule has 1 aromatic heterocycles. The number of rotatable bonds is 3. The molecule has 94 valence electrons. The fourth-order valence-corrected chi connectivity index (χ4v) is 2.62. The molecule has 0 atom stereocenters. The third-order valence-electron chi connectivity index (χ3n) is 2.45. The summed E-state index contributed by atoms with van der Waals surface area (Å²) in [6, 6.07) is 10.2. The molecule has 5 heteroatoms. The van der Waals surface area contributed by atoms with Crippen LogP contribution in [0.5, 0.6) is 0 Å². The molecule has 0 aliphatic heterocycles. The minimum atomic E-state index is -3.56. The zero-order valence-electron chi connectivity index (χ0n) is 10.2. The van der Waals surface area contributed by atoms with E-state index in [0.717, 1.165) is 11.1 Å². The molecule has 0 bridgehead atoms. The minimum absolute atomic E-state index is 0.241. The van der Waals surface area contributed by atoms with Gasteiger partial charge in [0.05, 0.1) is 4.90 Å². The van der Waals surface area contributed by atoms with E-state index in [0.29, 0.717) is 5.82 Å². The zero-order chi connectivity index (χ0) is 13.2. The highest BCUT2D eigenvalue weighted by molar-refractivity contribution is 7.92. The Morgan fingerprint density at radius 3 is 2.44 bits per heavy atom. The fraction of sp³-hybridized carbons (Fsp3) is 0.154. The van der Waals surface area contributed by atoms with Crippen LogP contribution in [0.2, 0.25) is 0 Å². The molecule has 0 amide bonds. The molecule has 4 nitrogen and oxygen atoms in total. The zero-order valence-corrected chi connectivity index (χ0v) is 11.0. The van der Waals surface area contributed by atoms with E-state index in [4.69, 9.17) is 0 Å². The first-order valence-electron chi connectivity index (χ1n) is 5.49. The largest absolute Gasteiger partial charge is 0.263 e. The van der Waals surface area contributed by atoms with Crippen molar-refractivity contribution in [3.8, 4) is 0 Å². The van der Waals surface area contributed by atoms with Crippen molar-refractivity contribution in [3.05, 3.63) is 53.7 Å². The van der Waals surface area contributed by atoms with E-state index in [1.54, 1.807) is 36.5 Å². The molecule has 0 saturated carbocycles. The summed E-state index contributed by atoms with van der Waals surface area (Å²) in [6.07, 6.45) is 1.62. The van der Waals surface area contributed by atoms with Crippen LogP contribution < -0.4 is 4.72 Å². The van der Waals surface area contributed by atoms with Crippen molar-refractivity contribution >= 4 is 15.8 Å².